The second kappa shape index (κ2) is 8.31. The van der Waals surface area contributed by atoms with Crippen molar-refractivity contribution < 1.29 is 0 Å². The summed E-state index contributed by atoms with van der Waals surface area (Å²) in [5, 5.41) is 5.46. The average Bonchev–Trinajstić information content (AvgIpc) is 3.35. The summed E-state index contributed by atoms with van der Waals surface area (Å²) in [6.45, 7) is 0. The normalized spacial score (nSPS) is 10.7. The number of thiophene rings is 1. The lowest BCUT2D eigenvalue weighted by Gasteiger charge is -2.11. The molecule has 30 heavy (non-hydrogen) atoms. The van der Waals surface area contributed by atoms with Crippen LogP contribution >= 0.6 is 11.3 Å². The number of aromatic nitrogens is 2. The van der Waals surface area contributed by atoms with E-state index in [0.717, 1.165) is 34.2 Å². The van der Waals surface area contributed by atoms with Crippen molar-refractivity contribution in [3.8, 4) is 33.0 Å². The van der Waals surface area contributed by atoms with Gasteiger partial charge in [-0.1, -0.05) is 72.8 Å². The van der Waals surface area contributed by atoms with Crippen molar-refractivity contribution >= 4 is 23.0 Å². The van der Waals surface area contributed by atoms with Gasteiger partial charge in [-0.3, -0.25) is 0 Å². The van der Waals surface area contributed by atoms with E-state index in [4.69, 9.17) is 9.97 Å². The third-order valence-corrected chi connectivity index (χ3v) is 5.72. The molecule has 0 aliphatic heterocycles. The SMILES string of the molecule is c1ccc(-c2cccc(Nc3cccc(-c4ccccc4-c4cccs4)n3)n2)cc1. The van der Waals surface area contributed by atoms with Gasteiger partial charge in [0.15, 0.2) is 0 Å². The van der Waals surface area contributed by atoms with E-state index >= 15 is 0 Å². The van der Waals surface area contributed by atoms with Crippen LogP contribution in [0.4, 0.5) is 11.6 Å². The molecular formula is C26H19N3S. The van der Waals surface area contributed by atoms with Crippen molar-refractivity contribution in [2.45, 2.75) is 0 Å². The maximum atomic E-state index is 4.86. The van der Waals surface area contributed by atoms with Crippen LogP contribution < -0.4 is 5.32 Å². The van der Waals surface area contributed by atoms with Gasteiger partial charge in [-0.25, -0.2) is 9.97 Å². The lowest BCUT2D eigenvalue weighted by atomic mass is 10.0. The molecule has 5 aromatic rings. The van der Waals surface area contributed by atoms with Crippen molar-refractivity contribution in [2.24, 2.45) is 0 Å². The van der Waals surface area contributed by atoms with Gasteiger partial charge >= 0.3 is 0 Å². The molecular weight excluding hydrogens is 386 g/mol. The number of rotatable bonds is 5. The number of pyridine rings is 2. The van der Waals surface area contributed by atoms with Crippen LogP contribution in [0.15, 0.2) is 109 Å². The Balaban J connectivity index is 1.46. The van der Waals surface area contributed by atoms with E-state index in [1.54, 1.807) is 11.3 Å². The topological polar surface area (TPSA) is 37.8 Å². The average molecular weight is 406 g/mol. The zero-order chi connectivity index (χ0) is 20.2. The third-order valence-electron chi connectivity index (χ3n) is 4.81. The van der Waals surface area contributed by atoms with Crippen LogP contribution in [0, 0.1) is 0 Å². The summed E-state index contributed by atoms with van der Waals surface area (Å²) in [7, 11) is 0. The van der Waals surface area contributed by atoms with E-state index < -0.39 is 0 Å². The van der Waals surface area contributed by atoms with E-state index in [9.17, 15) is 0 Å². The van der Waals surface area contributed by atoms with Gasteiger partial charge in [0, 0.05) is 21.6 Å². The standard InChI is InChI=1S/C26H19N3S/c1-2-9-19(10-3-1)22-13-6-16-25(27-22)29-26-17-7-14-23(28-26)20-11-4-5-12-21(20)24-15-8-18-30-24/h1-18H,(H,27,28,29). The van der Waals surface area contributed by atoms with Gasteiger partial charge < -0.3 is 5.32 Å². The molecule has 2 aromatic carbocycles. The highest BCUT2D eigenvalue weighted by molar-refractivity contribution is 7.13. The Hall–Kier alpha value is -3.76. The maximum absolute atomic E-state index is 4.86. The summed E-state index contributed by atoms with van der Waals surface area (Å²) in [5.74, 6) is 1.54. The second-order valence-corrected chi connectivity index (χ2v) is 7.78. The molecule has 0 aliphatic rings. The zero-order valence-corrected chi connectivity index (χ0v) is 17.0. The minimum absolute atomic E-state index is 0.770. The number of hydrogen-bond acceptors (Lipinski definition) is 4. The molecule has 0 atom stereocenters. The molecule has 0 spiro atoms. The molecule has 0 aliphatic carbocycles. The summed E-state index contributed by atoms with van der Waals surface area (Å²) in [4.78, 5) is 10.9. The molecule has 0 saturated heterocycles. The molecule has 3 nitrogen and oxygen atoms in total. The van der Waals surface area contributed by atoms with Crippen molar-refractivity contribution in [1.82, 2.24) is 9.97 Å². The van der Waals surface area contributed by atoms with Gasteiger partial charge in [0.05, 0.1) is 11.4 Å². The highest BCUT2D eigenvalue weighted by atomic mass is 32.1. The lowest BCUT2D eigenvalue weighted by Crippen LogP contribution is -1.98. The van der Waals surface area contributed by atoms with Crippen LogP contribution in [-0.4, -0.2) is 9.97 Å². The summed E-state index contributed by atoms with van der Waals surface area (Å²) in [6, 6.07) is 34.8. The van der Waals surface area contributed by atoms with Crippen LogP contribution in [0.2, 0.25) is 0 Å². The quantitative estimate of drug-likeness (QED) is 0.334. The fraction of sp³-hybridized carbons (Fsp3) is 0. The van der Waals surface area contributed by atoms with Crippen LogP contribution in [0.3, 0.4) is 0 Å². The molecule has 0 saturated carbocycles. The molecule has 0 bridgehead atoms. The predicted molar refractivity (Wildman–Crippen MR) is 126 cm³/mol. The van der Waals surface area contributed by atoms with Gasteiger partial charge in [0.25, 0.3) is 0 Å². The monoisotopic (exact) mass is 405 g/mol. The fourth-order valence-electron chi connectivity index (χ4n) is 3.41. The van der Waals surface area contributed by atoms with Gasteiger partial charge in [0.1, 0.15) is 11.6 Å². The van der Waals surface area contributed by atoms with Crippen LogP contribution in [0.25, 0.3) is 33.0 Å². The number of anilines is 2. The highest BCUT2D eigenvalue weighted by Crippen LogP contribution is 2.34. The lowest BCUT2D eigenvalue weighted by molar-refractivity contribution is 1.25. The second-order valence-electron chi connectivity index (χ2n) is 6.83. The van der Waals surface area contributed by atoms with Crippen LogP contribution in [0.5, 0.6) is 0 Å². The number of nitrogens with one attached hydrogen (secondary N) is 1. The summed E-state index contributed by atoms with van der Waals surface area (Å²) >= 11 is 1.74. The Morgan fingerprint density at radius 2 is 1.20 bits per heavy atom. The molecule has 0 fully saturated rings. The molecule has 0 unspecified atom stereocenters. The molecule has 4 heteroatoms. The Kier molecular flexibility index (Phi) is 5.06. The molecule has 3 aromatic heterocycles. The summed E-state index contributed by atoms with van der Waals surface area (Å²) in [5.41, 5.74) is 5.27. The highest BCUT2D eigenvalue weighted by Gasteiger charge is 2.10. The van der Waals surface area contributed by atoms with Crippen molar-refractivity contribution in [1.29, 1.82) is 0 Å². The fourth-order valence-corrected chi connectivity index (χ4v) is 4.18. The maximum Gasteiger partial charge on any atom is 0.132 e. The predicted octanol–water partition coefficient (Wildman–Crippen LogP) is 7.28. The van der Waals surface area contributed by atoms with E-state index in [1.165, 1.54) is 10.4 Å². The third kappa shape index (κ3) is 3.86. The van der Waals surface area contributed by atoms with E-state index in [0.29, 0.717) is 0 Å². The van der Waals surface area contributed by atoms with Crippen LogP contribution in [-0.2, 0) is 0 Å². The van der Waals surface area contributed by atoms with Crippen molar-refractivity contribution in [3.63, 3.8) is 0 Å². The Morgan fingerprint density at radius 1 is 0.533 bits per heavy atom. The van der Waals surface area contributed by atoms with Crippen LogP contribution in [0.1, 0.15) is 0 Å². The number of nitrogens with zero attached hydrogens (tertiary/aromatic N) is 2. The smallest absolute Gasteiger partial charge is 0.132 e. The number of benzene rings is 2. The van der Waals surface area contributed by atoms with E-state index in [-0.39, 0.29) is 0 Å². The molecule has 1 N–H and O–H groups in total. The minimum Gasteiger partial charge on any atom is -0.325 e. The van der Waals surface area contributed by atoms with Crippen molar-refractivity contribution in [2.75, 3.05) is 5.32 Å². The van der Waals surface area contributed by atoms with E-state index in [2.05, 4.69) is 59.2 Å². The number of hydrogen-bond donors (Lipinski definition) is 1. The molecule has 0 radical (unpaired) electrons. The first-order valence-electron chi connectivity index (χ1n) is 9.77. The first-order valence-corrected chi connectivity index (χ1v) is 10.6. The Labute approximate surface area is 179 Å². The first-order chi connectivity index (χ1) is 14.9. The first kappa shape index (κ1) is 18.3. The van der Waals surface area contributed by atoms with Gasteiger partial charge in [-0.05, 0) is 35.7 Å². The zero-order valence-electron chi connectivity index (χ0n) is 16.2. The molecule has 5 rings (SSSR count). The largest absolute Gasteiger partial charge is 0.325 e. The van der Waals surface area contributed by atoms with E-state index in [1.807, 2.05) is 54.6 Å². The molecule has 144 valence electrons. The Bertz CT molecular complexity index is 1260. The Morgan fingerprint density at radius 3 is 1.93 bits per heavy atom. The summed E-state index contributed by atoms with van der Waals surface area (Å²) in [6.07, 6.45) is 0. The van der Waals surface area contributed by atoms with Crippen molar-refractivity contribution in [3.05, 3.63) is 109 Å². The summed E-state index contributed by atoms with van der Waals surface area (Å²) < 4.78 is 0. The van der Waals surface area contributed by atoms with Gasteiger partial charge in [-0.2, -0.15) is 0 Å². The molecule has 0 amide bonds. The van der Waals surface area contributed by atoms with Gasteiger partial charge in [-0.15, -0.1) is 11.3 Å². The minimum atomic E-state index is 0.770. The van der Waals surface area contributed by atoms with Gasteiger partial charge in [0.2, 0.25) is 0 Å². The molecule has 3 heterocycles.